The molecule has 1 heterocycles. The minimum atomic E-state index is 0.488. The van der Waals surface area contributed by atoms with Crippen LogP contribution in [0.25, 0.3) is 11.0 Å². The zero-order chi connectivity index (χ0) is 8.39. The maximum Gasteiger partial charge on any atom is 0.135 e. The van der Waals surface area contributed by atoms with Crippen LogP contribution < -0.4 is 0 Å². The number of hydrogen-bond acceptors (Lipinski definition) is 2. The molecular formula is C9H6O2S. The summed E-state index contributed by atoms with van der Waals surface area (Å²) in [4.78, 5) is 0. The summed E-state index contributed by atoms with van der Waals surface area (Å²) < 4.78 is 16.5. The largest absolute Gasteiger partial charge is 0.464 e. The molecule has 0 saturated heterocycles. The highest BCUT2D eigenvalue weighted by Gasteiger charge is 1.93. The van der Waals surface area contributed by atoms with Gasteiger partial charge in [-0.25, -0.2) is 4.21 Å². The first kappa shape index (κ1) is 7.31. The summed E-state index contributed by atoms with van der Waals surface area (Å²) in [5.41, 5.74) is 0.748. The predicted octanol–water partition coefficient (Wildman–Crippen LogP) is 2.18. The highest BCUT2D eigenvalue weighted by Crippen LogP contribution is 2.12. The van der Waals surface area contributed by atoms with Gasteiger partial charge in [0.05, 0.1) is 22.0 Å². The van der Waals surface area contributed by atoms with Crippen molar-refractivity contribution < 1.29 is 8.63 Å². The van der Waals surface area contributed by atoms with Crippen LogP contribution in [0.3, 0.4) is 0 Å². The second kappa shape index (κ2) is 2.95. The fourth-order valence-electron chi connectivity index (χ4n) is 1.10. The zero-order valence-corrected chi connectivity index (χ0v) is 7.01. The SMILES string of the molecule is O=S=c1ccoc2ccccc12. The van der Waals surface area contributed by atoms with Gasteiger partial charge in [-0.05, 0) is 18.2 Å². The van der Waals surface area contributed by atoms with Gasteiger partial charge in [-0.1, -0.05) is 12.1 Å². The van der Waals surface area contributed by atoms with Crippen LogP contribution in [-0.2, 0) is 11.3 Å². The van der Waals surface area contributed by atoms with Crippen LogP contribution in [0.4, 0.5) is 0 Å². The van der Waals surface area contributed by atoms with E-state index in [1.807, 2.05) is 24.3 Å². The number of fused-ring (bicyclic) bond motifs is 1. The van der Waals surface area contributed by atoms with Gasteiger partial charge in [-0.2, -0.15) is 0 Å². The summed E-state index contributed by atoms with van der Waals surface area (Å²) in [6.45, 7) is 0. The van der Waals surface area contributed by atoms with E-state index >= 15 is 0 Å². The van der Waals surface area contributed by atoms with Crippen molar-refractivity contribution in [1.29, 1.82) is 0 Å². The number of rotatable bonds is 0. The Morgan fingerprint density at radius 2 is 2.00 bits per heavy atom. The maximum absolute atomic E-state index is 10.6. The fraction of sp³-hybridized carbons (Fsp3) is 0. The van der Waals surface area contributed by atoms with Crippen LogP contribution in [0.15, 0.2) is 41.0 Å². The van der Waals surface area contributed by atoms with E-state index in [1.165, 1.54) is 6.26 Å². The van der Waals surface area contributed by atoms with Gasteiger partial charge in [0.15, 0.2) is 0 Å². The Labute approximate surface area is 72.5 Å². The van der Waals surface area contributed by atoms with Gasteiger partial charge in [0.2, 0.25) is 0 Å². The normalized spacial score (nSPS) is 10.0. The quantitative estimate of drug-likeness (QED) is 0.579. The van der Waals surface area contributed by atoms with E-state index in [4.69, 9.17) is 4.42 Å². The lowest BCUT2D eigenvalue weighted by Crippen LogP contribution is -1.72. The number of benzene rings is 1. The highest BCUT2D eigenvalue weighted by atomic mass is 32.1. The highest BCUT2D eigenvalue weighted by molar-refractivity contribution is 7.57. The molecule has 0 bridgehead atoms. The summed E-state index contributed by atoms with van der Waals surface area (Å²) in [6, 6.07) is 9.16. The van der Waals surface area contributed by atoms with Crippen LogP contribution in [0.5, 0.6) is 0 Å². The molecule has 12 heavy (non-hydrogen) atoms. The summed E-state index contributed by atoms with van der Waals surface area (Å²) in [5, 5.41) is 0.875. The van der Waals surface area contributed by atoms with E-state index < -0.39 is 0 Å². The summed E-state index contributed by atoms with van der Waals surface area (Å²) in [6.07, 6.45) is 1.53. The minimum absolute atomic E-state index is 0.488. The molecule has 3 heteroatoms. The molecule has 0 N–H and O–H groups in total. The molecule has 2 nitrogen and oxygen atoms in total. The van der Waals surface area contributed by atoms with Crippen molar-refractivity contribution in [2.24, 2.45) is 0 Å². The lowest BCUT2D eigenvalue weighted by Gasteiger charge is -1.92. The smallest absolute Gasteiger partial charge is 0.135 e. The average Bonchev–Trinajstić information content (AvgIpc) is 2.17. The van der Waals surface area contributed by atoms with E-state index in [9.17, 15) is 4.21 Å². The van der Waals surface area contributed by atoms with Crippen LogP contribution in [0.2, 0.25) is 0 Å². The molecular weight excluding hydrogens is 172 g/mol. The van der Waals surface area contributed by atoms with Crippen molar-refractivity contribution in [3.8, 4) is 0 Å². The molecule has 0 unspecified atom stereocenters. The molecule has 0 spiro atoms. The standard InChI is InChI=1S/C9H6O2S/c10-12-9-5-6-11-8-4-2-1-3-7(8)9/h1-6H. The molecule has 0 amide bonds. The molecule has 0 atom stereocenters. The topological polar surface area (TPSA) is 30.2 Å². The fourth-order valence-corrected chi connectivity index (χ4v) is 1.47. The Hall–Kier alpha value is -1.35. The molecule has 0 fully saturated rings. The molecule has 60 valence electrons. The summed E-state index contributed by atoms with van der Waals surface area (Å²) in [7, 11) is 0. The monoisotopic (exact) mass is 178 g/mol. The second-order valence-electron chi connectivity index (χ2n) is 2.36. The lowest BCUT2D eigenvalue weighted by molar-refractivity contribution is 0.603. The van der Waals surface area contributed by atoms with Gasteiger partial charge in [-0.3, -0.25) is 0 Å². The first-order valence-corrected chi connectivity index (χ1v) is 4.25. The van der Waals surface area contributed by atoms with Crippen LogP contribution in [0, 0.1) is 4.51 Å². The molecule has 2 rings (SSSR count). The lowest BCUT2D eigenvalue weighted by atomic mass is 10.2. The van der Waals surface area contributed by atoms with Gasteiger partial charge in [-0.15, -0.1) is 0 Å². The third kappa shape index (κ3) is 1.08. The van der Waals surface area contributed by atoms with Crippen LogP contribution >= 0.6 is 0 Å². The predicted molar refractivity (Wildman–Crippen MR) is 47.6 cm³/mol. The Morgan fingerprint density at radius 1 is 1.17 bits per heavy atom. The van der Waals surface area contributed by atoms with Gasteiger partial charge in [0.25, 0.3) is 0 Å². The Kier molecular flexibility index (Phi) is 1.80. The van der Waals surface area contributed by atoms with Crippen molar-refractivity contribution in [2.45, 2.75) is 0 Å². The maximum atomic E-state index is 10.6. The molecule has 1 aromatic carbocycles. The molecule has 0 aliphatic heterocycles. The molecule has 0 radical (unpaired) electrons. The van der Waals surface area contributed by atoms with Crippen molar-refractivity contribution in [1.82, 2.24) is 0 Å². The van der Waals surface area contributed by atoms with Gasteiger partial charge in [0.1, 0.15) is 5.58 Å². The van der Waals surface area contributed by atoms with Crippen molar-refractivity contribution in [3.05, 3.63) is 41.1 Å². The first-order chi connectivity index (χ1) is 5.92. The number of para-hydroxylation sites is 1. The van der Waals surface area contributed by atoms with E-state index in [1.54, 1.807) is 6.07 Å². The van der Waals surface area contributed by atoms with Crippen molar-refractivity contribution in [2.75, 3.05) is 0 Å². The van der Waals surface area contributed by atoms with E-state index in [2.05, 4.69) is 0 Å². The second-order valence-corrected chi connectivity index (χ2v) is 2.97. The van der Waals surface area contributed by atoms with Crippen LogP contribution in [0.1, 0.15) is 0 Å². The number of hydrogen-bond donors (Lipinski definition) is 0. The molecule has 0 aliphatic carbocycles. The minimum Gasteiger partial charge on any atom is -0.464 e. The van der Waals surface area contributed by atoms with Crippen molar-refractivity contribution >= 4 is 22.2 Å². The van der Waals surface area contributed by atoms with Gasteiger partial charge < -0.3 is 4.42 Å². The first-order valence-electron chi connectivity index (χ1n) is 3.51. The van der Waals surface area contributed by atoms with Gasteiger partial charge >= 0.3 is 0 Å². The van der Waals surface area contributed by atoms with E-state index in [0.29, 0.717) is 15.8 Å². The Morgan fingerprint density at radius 3 is 2.83 bits per heavy atom. The molecule has 2 aromatic rings. The van der Waals surface area contributed by atoms with Crippen molar-refractivity contribution in [3.63, 3.8) is 0 Å². The van der Waals surface area contributed by atoms with Gasteiger partial charge in [0, 0.05) is 5.39 Å². The summed E-state index contributed by atoms with van der Waals surface area (Å²) in [5.74, 6) is 0. The van der Waals surface area contributed by atoms with E-state index in [0.717, 1.165) is 11.0 Å². The Balaban J connectivity index is 3.09. The third-order valence-electron chi connectivity index (χ3n) is 1.66. The molecule has 1 aromatic heterocycles. The molecule has 0 aliphatic rings. The van der Waals surface area contributed by atoms with E-state index in [-0.39, 0.29) is 0 Å². The molecule has 0 saturated carbocycles. The average molecular weight is 178 g/mol. The Bertz CT molecular complexity index is 490. The van der Waals surface area contributed by atoms with Crippen LogP contribution in [-0.4, -0.2) is 4.21 Å². The summed E-state index contributed by atoms with van der Waals surface area (Å²) >= 11 is 0.488. The zero-order valence-electron chi connectivity index (χ0n) is 6.19. The third-order valence-corrected chi connectivity index (χ3v) is 2.19.